The minimum Gasteiger partial charge on any atom is -0.457 e. The normalized spacial score (nSPS) is 10.2. The van der Waals surface area contributed by atoms with Gasteiger partial charge in [0.15, 0.2) is 0 Å². The molecular weight excluding hydrogens is 199 g/mol. The maximum absolute atomic E-state index is 12.6. The van der Waals surface area contributed by atoms with Crippen molar-refractivity contribution in [1.82, 2.24) is 15.2 Å². The van der Waals surface area contributed by atoms with Crippen LogP contribution in [-0.2, 0) is 6.61 Å². The maximum atomic E-state index is 12.6. The monoisotopic (exact) mass is 208 g/mol. The molecular formula is C9H9FN4O. The van der Waals surface area contributed by atoms with Crippen molar-refractivity contribution >= 4 is 5.95 Å². The molecule has 0 aliphatic heterocycles. The first-order chi connectivity index (χ1) is 7.24. The summed E-state index contributed by atoms with van der Waals surface area (Å²) in [7, 11) is 0. The molecule has 5 nitrogen and oxygen atoms in total. The Morgan fingerprint density at radius 1 is 1.33 bits per heavy atom. The lowest BCUT2D eigenvalue weighted by Crippen LogP contribution is -1.97. The molecule has 15 heavy (non-hydrogen) atoms. The number of aromatic amines is 1. The van der Waals surface area contributed by atoms with Crippen LogP contribution in [0, 0.1) is 5.82 Å². The van der Waals surface area contributed by atoms with Gasteiger partial charge in [-0.15, -0.1) is 5.10 Å². The Kier molecular flexibility index (Phi) is 2.49. The molecule has 0 radical (unpaired) electrons. The van der Waals surface area contributed by atoms with Crippen LogP contribution in [0.1, 0.15) is 5.56 Å². The van der Waals surface area contributed by atoms with E-state index in [2.05, 4.69) is 15.2 Å². The molecule has 0 atom stereocenters. The van der Waals surface area contributed by atoms with Crippen LogP contribution in [0.25, 0.3) is 0 Å². The molecule has 1 aromatic heterocycles. The third-order valence-corrected chi connectivity index (χ3v) is 1.76. The molecule has 3 N–H and O–H groups in total. The molecule has 0 saturated carbocycles. The molecule has 1 heterocycles. The Bertz CT molecular complexity index is 440. The van der Waals surface area contributed by atoms with Crippen LogP contribution in [0.4, 0.5) is 10.3 Å². The summed E-state index contributed by atoms with van der Waals surface area (Å²) in [6, 6.07) is 6.17. The number of nitrogens with one attached hydrogen (secondary N) is 1. The Morgan fingerprint density at radius 2 is 2.07 bits per heavy atom. The number of anilines is 1. The third-order valence-electron chi connectivity index (χ3n) is 1.76. The van der Waals surface area contributed by atoms with Gasteiger partial charge in [0.2, 0.25) is 5.95 Å². The Balaban J connectivity index is 1.96. The second-order valence-corrected chi connectivity index (χ2v) is 2.92. The molecule has 0 bridgehead atoms. The lowest BCUT2D eigenvalue weighted by atomic mass is 10.2. The summed E-state index contributed by atoms with van der Waals surface area (Å²) in [6.45, 7) is 0.275. The molecule has 0 amide bonds. The van der Waals surface area contributed by atoms with Crippen LogP contribution < -0.4 is 10.5 Å². The summed E-state index contributed by atoms with van der Waals surface area (Å²) < 4.78 is 17.8. The van der Waals surface area contributed by atoms with Gasteiger partial charge in [0.1, 0.15) is 12.4 Å². The van der Waals surface area contributed by atoms with Crippen molar-refractivity contribution in [3.63, 3.8) is 0 Å². The third kappa shape index (κ3) is 2.43. The lowest BCUT2D eigenvalue weighted by Gasteiger charge is -2.00. The fourth-order valence-corrected chi connectivity index (χ4v) is 1.05. The molecule has 0 aliphatic rings. The SMILES string of the molecule is Nc1nc(OCc2ccc(F)cc2)n[nH]1. The molecule has 0 fully saturated rings. The number of H-pyrrole nitrogens is 1. The van der Waals surface area contributed by atoms with Gasteiger partial charge in [0.25, 0.3) is 0 Å². The molecule has 0 spiro atoms. The highest BCUT2D eigenvalue weighted by Gasteiger charge is 2.01. The van der Waals surface area contributed by atoms with E-state index in [0.717, 1.165) is 5.56 Å². The molecule has 78 valence electrons. The van der Waals surface area contributed by atoms with Gasteiger partial charge in [-0.1, -0.05) is 12.1 Å². The Hall–Kier alpha value is -2.11. The molecule has 2 aromatic rings. The van der Waals surface area contributed by atoms with Crippen LogP contribution in [0.3, 0.4) is 0 Å². The van der Waals surface area contributed by atoms with Crippen LogP contribution >= 0.6 is 0 Å². The summed E-state index contributed by atoms with van der Waals surface area (Å²) in [6.07, 6.45) is 0. The second kappa shape index (κ2) is 3.95. The van der Waals surface area contributed by atoms with Gasteiger partial charge in [0.05, 0.1) is 0 Å². The number of nitrogens with two attached hydrogens (primary N) is 1. The van der Waals surface area contributed by atoms with Crippen molar-refractivity contribution < 1.29 is 9.13 Å². The molecule has 6 heteroatoms. The highest BCUT2D eigenvalue weighted by molar-refractivity contribution is 5.17. The van der Waals surface area contributed by atoms with Gasteiger partial charge in [0, 0.05) is 0 Å². The van der Waals surface area contributed by atoms with E-state index in [1.165, 1.54) is 12.1 Å². The number of aromatic nitrogens is 3. The van der Waals surface area contributed by atoms with Gasteiger partial charge in [-0.25, -0.2) is 9.49 Å². The molecule has 0 saturated heterocycles. The van der Waals surface area contributed by atoms with Crippen molar-refractivity contribution in [3.05, 3.63) is 35.6 Å². The van der Waals surface area contributed by atoms with Crippen LogP contribution in [0.5, 0.6) is 6.01 Å². The van der Waals surface area contributed by atoms with Crippen molar-refractivity contribution in [1.29, 1.82) is 0 Å². The minimum atomic E-state index is -0.277. The molecule has 0 aliphatic carbocycles. The van der Waals surface area contributed by atoms with Crippen LogP contribution in [0.2, 0.25) is 0 Å². The lowest BCUT2D eigenvalue weighted by molar-refractivity contribution is 0.282. The zero-order chi connectivity index (χ0) is 10.7. The predicted molar refractivity (Wildman–Crippen MR) is 51.5 cm³/mol. The zero-order valence-electron chi connectivity index (χ0n) is 7.77. The van der Waals surface area contributed by atoms with E-state index in [1.54, 1.807) is 12.1 Å². The molecule has 0 unspecified atom stereocenters. The van der Waals surface area contributed by atoms with Gasteiger partial charge in [-0.05, 0) is 17.7 Å². The summed E-state index contributed by atoms with van der Waals surface area (Å²) >= 11 is 0. The van der Waals surface area contributed by atoms with Crippen molar-refractivity contribution in [2.75, 3.05) is 5.73 Å². The van der Waals surface area contributed by atoms with E-state index in [1.807, 2.05) is 0 Å². The molecule has 1 aromatic carbocycles. The van der Waals surface area contributed by atoms with Gasteiger partial charge < -0.3 is 10.5 Å². The van der Waals surface area contributed by atoms with Gasteiger partial charge in [-0.2, -0.15) is 4.98 Å². The number of hydrogen-bond acceptors (Lipinski definition) is 4. The highest BCUT2D eigenvalue weighted by Crippen LogP contribution is 2.07. The Morgan fingerprint density at radius 3 is 2.67 bits per heavy atom. The average molecular weight is 208 g/mol. The van der Waals surface area contributed by atoms with Crippen LogP contribution in [0.15, 0.2) is 24.3 Å². The number of hydrogen-bond donors (Lipinski definition) is 2. The summed E-state index contributed by atoms with van der Waals surface area (Å²) in [4.78, 5) is 3.76. The van der Waals surface area contributed by atoms with E-state index in [9.17, 15) is 4.39 Å². The topological polar surface area (TPSA) is 76.8 Å². The standard InChI is InChI=1S/C9H9FN4O/c10-7-3-1-6(2-4-7)5-15-9-12-8(11)13-14-9/h1-4H,5H2,(H3,11,12,13,14). The number of rotatable bonds is 3. The molecule has 2 rings (SSSR count). The van der Waals surface area contributed by atoms with Crippen LogP contribution in [-0.4, -0.2) is 15.2 Å². The number of nitrogens with zero attached hydrogens (tertiary/aromatic N) is 2. The van der Waals surface area contributed by atoms with E-state index >= 15 is 0 Å². The van der Waals surface area contributed by atoms with E-state index in [-0.39, 0.29) is 24.4 Å². The zero-order valence-corrected chi connectivity index (χ0v) is 7.77. The van der Waals surface area contributed by atoms with Crippen molar-refractivity contribution in [2.24, 2.45) is 0 Å². The smallest absolute Gasteiger partial charge is 0.337 e. The first kappa shape index (κ1) is 9.45. The second-order valence-electron chi connectivity index (χ2n) is 2.92. The minimum absolute atomic E-state index is 0.178. The summed E-state index contributed by atoms with van der Waals surface area (Å²) in [5.41, 5.74) is 6.14. The summed E-state index contributed by atoms with van der Waals surface area (Å²) in [5.74, 6) is -0.0787. The highest BCUT2D eigenvalue weighted by atomic mass is 19.1. The maximum Gasteiger partial charge on any atom is 0.337 e. The average Bonchev–Trinajstić information content (AvgIpc) is 2.64. The quantitative estimate of drug-likeness (QED) is 0.791. The fraction of sp³-hybridized carbons (Fsp3) is 0.111. The first-order valence-corrected chi connectivity index (χ1v) is 4.29. The number of benzene rings is 1. The predicted octanol–water partition coefficient (Wildman–Crippen LogP) is 1.10. The first-order valence-electron chi connectivity index (χ1n) is 4.29. The number of nitrogen functional groups attached to an aromatic ring is 1. The van der Waals surface area contributed by atoms with Crippen molar-refractivity contribution in [3.8, 4) is 6.01 Å². The Labute approximate surface area is 85.1 Å². The van der Waals surface area contributed by atoms with E-state index in [4.69, 9.17) is 10.5 Å². The largest absolute Gasteiger partial charge is 0.457 e. The van der Waals surface area contributed by atoms with E-state index in [0.29, 0.717) is 0 Å². The van der Waals surface area contributed by atoms with Gasteiger partial charge in [-0.3, -0.25) is 0 Å². The summed E-state index contributed by atoms with van der Waals surface area (Å²) in [5, 5.41) is 6.14. The van der Waals surface area contributed by atoms with Gasteiger partial charge >= 0.3 is 6.01 Å². The van der Waals surface area contributed by atoms with E-state index < -0.39 is 0 Å². The van der Waals surface area contributed by atoms with Crippen molar-refractivity contribution in [2.45, 2.75) is 6.61 Å². The fourth-order valence-electron chi connectivity index (χ4n) is 1.05. The number of halogens is 1. The number of ether oxygens (including phenoxy) is 1.